The maximum atomic E-state index is 12.9. The number of carbonyl (C=O) groups excluding carboxylic acids is 1. The summed E-state index contributed by atoms with van der Waals surface area (Å²) >= 11 is 0. The quantitative estimate of drug-likeness (QED) is 0.804. The lowest BCUT2D eigenvalue weighted by Crippen LogP contribution is -2.11. The van der Waals surface area contributed by atoms with E-state index >= 15 is 0 Å². The van der Waals surface area contributed by atoms with Crippen molar-refractivity contribution in [2.45, 2.75) is 13.3 Å². The Kier molecular flexibility index (Phi) is 3.63. The minimum Gasteiger partial charge on any atom is -0.331 e. The minimum atomic E-state index is -0.333. The van der Waals surface area contributed by atoms with Gasteiger partial charge in [-0.2, -0.15) is 0 Å². The Morgan fingerprint density at radius 2 is 1.95 bits per heavy atom. The Hall–Kier alpha value is -2.69. The minimum absolute atomic E-state index is 0.239. The van der Waals surface area contributed by atoms with Crippen molar-refractivity contribution < 1.29 is 9.18 Å². The fourth-order valence-corrected chi connectivity index (χ4v) is 2.44. The van der Waals surface area contributed by atoms with Crippen LogP contribution in [-0.4, -0.2) is 15.5 Å². The van der Waals surface area contributed by atoms with Crippen LogP contribution < -0.4 is 5.32 Å². The molecule has 4 nitrogen and oxygen atoms in total. The zero-order valence-electron chi connectivity index (χ0n) is 12.4. The summed E-state index contributed by atoms with van der Waals surface area (Å²) in [6.45, 7) is 2.05. The number of halogens is 1. The molecule has 1 aromatic heterocycles. The highest BCUT2D eigenvalue weighted by Crippen LogP contribution is 2.18. The van der Waals surface area contributed by atoms with Crippen LogP contribution in [0.15, 0.2) is 42.5 Å². The second kappa shape index (κ2) is 5.60. The highest BCUT2D eigenvalue weighted by Gasteiger charge is 2.11. The lowest BCUT2D eigenvalue weighted by Gasteiger charge is -2.05. The number of aromatic nitrogens is 2. The van der Waals surface area contributed by atoms with Crippen molar-refractivity contribution in [2.75, 3.05) is 5.32 Å². The molecule has 0 saturated carbocycles. The van der Waals surface area contributed by atoms with Crippen LogP contribution in [0.5, 0.6) is 0 Å². The normalized spacial score (nSPS) is 10.9. The standard InChI is InChI=1S/C17H16FN3O/c1-3-16-20-14-10-11(4-9-15(14)21(16)2)17(22)19-13-7-5-12(18)6-8-13/h4-10H,3H2,1-2H3,(H,19,22). The number of rotatable bonds is 3. The molecule has 0 aliphatic heterocycles. The number of hydrogen-bond acceptors (Lipinski definition) is 2. The molecule has 1 heterocycles. The Morgan fingerprint density at radius 3 is 2.64 bits per heavy atom. The third-order valence-electron chi connectivity index (χ3n) is 3.65. The van der Waals surface area contributed by atoms with Crippen LogP contribution >= 0.6 is 0 Å². The highest BCUT2D eigenvalue weighted by atomic mass is 19.1. The van der Waals surface area contributed by atoms with Gasteiger partial charge in [-0.25, -0.2) is 9.37 Å². The monoisotopic (exact) mass is 297 g/mol. The van der Waals surface area contributed by atoms with E-state index in [1.807, 2.05) is 24.6 Å². The number of fused-ring (bicyclic) bond motifs is 1. The van der Waals surface area contributed by atoms with Crippen molar-refractivity contribution in [3.05, 3.63) is 59.7 Å². The van der Waals surface area contributed by atoms with E-state index in [1.165, 1.54) is 24.3 Å². The first-order valence-corrected chi connectivity index (χ1v) is 7.10. The molecule has 0 aliphatic carbocycles. The van der Waals surface area contributed by atoms with Crippen molar-refractivity contribution in [3.8, 4) is 0 Å². The molecule has 0 fully saturated rings. The van der Waals surface area contributed by atoms with Gasteiger partial charge in [-0.1, -0.05) is 6.92 Å². The summed E-state index contributed by atoms with van der Waals surface area (Å²) in [6, 6.07) is 11.1. The van der Waals surface area contributed by atoms with Gasteiger partial charge >= 0.3 is 0 Å². The number of aryl methyl sites for hydroxylation is 2. The third kappa shape index (κ3) is 2.57. The van der Waals surface area contributed by atoms with Crippen molar-refractivity contribution >= 4 is 22.6 Å². The van der Waals surface area contributed by atoms with Crippen molar-refractivity contribution in [2.24, 2.45) is 7.05 Å². The van der Waals surface area contributed by atoms with Crippen molar-refractivity contribution in [1.82, 2.24) is 9.55 Å². The van der Waals surface area contributed by atoms with E-state index in [0.717, 1.165) is 23.3 Å². The van der Waals surface area contributed by atoms with Crippen molar-refractivity contribution in [1.29, 1.82) is 0 Å². The number of anilines is 1. The number of nitrogens with zero attached hydrogens (tertiary/aromatic N) is 2. The van der Waals surface area contributed by atoms with Crippen LogP contribution in [0, 0.1) is 5.82 Å². The summed E-state index contributed by atoms with van der Waals surface area (Å²) in [5.41, 5.74) is 2.88. The zero-order chi connectivity index (χ0) is 15.7. The highest BCUT2D eigenvalue weighted by molar-refractivity contribution is 6.05. The molecule has 0 saturated heterocycles. The van der Waals surface area contributed by atoms with Gasteiger partial charge in [0.25, 0.3) is 5.91 Å². The molecule has 0 bridgehead atoms. The lowest BCUT2D eigenvalue weighted by atomic mass is 10.2. The molecular formula is C17H16FN3O. The van der Waals surface area contributed by atoms with Gasteiger partial charge in [-0.15, -0.1) is 0 Å². The van der Waals surface area contributed by atoms with Gasteiger partial charge in [0.05, 0.1) is 11.0 Å². The number of carbonyl (C=O) groups is 1. The molecule has 3 rings (SSSR count). The largest absolute Gasteiger partial charge is 0.331 e. The van der Waals surface area contributed by atoms with Gasteiger partial charge in [-0.3, -0.25) is 4.79 Å². The molecule has 0 atom stereocenters. The molecule has 0 spiro atoms. The van der Waals surface area contributed by atoms with Crippen LogP contribution in [0.3, 0.4) is 0 Å². The Labute approximate surface area is 127 Å². The van der Waals surface area contributed by atoms with Gasteiger partial charge in [0.2, 0.25) is 0 Å². The van der Waals surface area contributed by atoms with Crippen LogP contribution in [0.2, 0.25) is 0 Å². The summed E-state index contributed by atoms with van der Waals surface area (Å²) in [6.07, 6.45) is 0.836. The maximum Gasteiger partial charge on any atom is 0.255 e. The first-order valence-electron chi connectivity index (χ1n) is 7.10. The molecule has 1 N–H and O–H groups in total. The summed E-state index contributed by atoms with van der Waals surface area (Å²) in [7, 11) is 1.96. The third-order valence-corrected chi connectivity index (χ3v) is 3.65. The number of imidazole rings is 1. The molecule has 22 heavy (non-hydrogen) atoms. The number of hydrogen-bond donors (Lipinski definition) is 1. The molecule has 5 heteroatoms. The summed E-state index contributed by atoms with van der Waals surface area (Å²) < 4.78 is 14.9. The van der Waals surface area contributed by atoms with E-state index < -0.39 is 0 Å². The molecule has 112 valence electrons. The number of nitrogens with one attached hydrogen (secondary N) is 1. The van der Waals surface area contributed by atoms with E-state index in [4.69, 9.17) is 0 Å². The SMILES string of the molecule is CCc1nc2cc(C(=O)Nc3ccc(F)cc3)ccc2n1C. The molecule has 0 aliphatic rings. The summed E-state index contributed by atoms with van der Waals surface area (Å²) in [5.74, 6) is 0.406. The molecule has 3 aromatic rings. The van der Waals surface area contributed by atoms with Gasteiger partial charge in [0.15, 0.2) is 0 Å². The molecule has 0 unspecified atom stereocenters. The first-order chi connectivity index (χ1) is 10.6. The van der Waals surface area contributed by atoms with Gasteiger partial charge in [0, 0.05) is 24.7 Å². The Balaban J connectivity index is 1.89. The Bertz CT molecular complexity index is 837. The molecule has 2 aromatic carbocycles. The van der Waals surface area contributed by atoms with E-state index in [9.17, 15) is 9.18 Å². The predicted molar refractivity (Wildman–Crippen MR) is 84.4 cm³/mol. The maximum absolute atomic E-state index is 12.9. The fraction of sp³-hybridized carbons (Fsp3) is 0.176. The molecule has 0 radical (unpaired) electrons. The molecular weight excluding hydrogens is 281 g/mol. The first kappa shape index (κ1) is 14.3. The van der Waals surface area contributed by atoms with Crippen LogP contribution in [0.25, 0.3) is 11.0 Å². The van der Waals surface area contributed by atoms with E-state index in [2.05, 4.69) is 10.3 Å². The summed E-state index contributed by atoms with van der Waals surface area (Å²) in [4.78, 5) is 16.8. The zero-order valence-corrected chi connectivity index (χ0v) is 12.4. The topological polar surface area (TPSA) is 46.9 Å². The molecule has 1 amide bonds. The second-order valence-corrected chi connectivity index (χ2v) is 5.11. The smallest absolute Gasteiger partial charge is 0.255 e. The number of benzene rings is 2. The number of amides is 1. The van der Waals surface area contributed by atoms with E-state index in [0.29, 0.717) is 11.3 Å². The van der Waals surface area contributed by atoms with Crippen molar-refractivity contribution in [3.63, 3.8) is 0 Å². The predicted octanol–water partition coefficient (Wildman–Crippen LogP) is 3.53. The van der Waals surface area contributed by atoms with Gasteiger partial charge in [0.1, 0.15) is 11.6 Å². The fourth-order valence-electron chi connectivity index (χ4n) is 2.44. The van der Waals surface area contributed by atoms with Crippen LogP contribution in [0.1, 0.15) is 23.1 Å². The van der Waals surface area contributed by atoms with Crippen LogP contribution in [0.4, 0.5) is 10.1 Å². The van der Waals surface area contributed by atoms with Crippen LogP contribution in [-0.2, 0) is 13.5 Å². The average Bonchev–Trinajstić information content (AvgIpc) is 2.85. The summed E-state index contributed by atoms with van der Waals surface area (Å²) in [5, 5.41) is 2.75. The Morgan fingerprint density at radius 1 is 1.23 bits per heavy atom. The van der Waals surface area contributed by atoms with E-state index in [1.54, 1.807) is 12.1 Å². The average molecular weight is 297 g/mol. The van der Waals surface area contributed by atoms with Gasteiger partial charge in [-0.05, 0) is 42.5 Å². The van der Waals surface area contributed by atoms with Gasteiger partial charge < -0.3 is 9.88 Å². The van der Waals surface area contributed by atoms with E-state index in [-0.39, 0.29) is 11.7 Å². The second-order valence-electron chi connectivity index (χ2n) is 5.11. The lowest BCUT2D eigenvalue weighted by molar-refractivity contribution is 0.102.